The van der Waals surface area contributed by atoms with Crippen molar-refractivity contribution in [2.75, 3.05) is 13.2 Å². The summed E-state index contributed by atoms with van der Waals surface area (Å²) in [6.07, 6.45) is -0.578. The molecule has 16 heavy (non-hydrogen) atoms. The first-order chi connectivity index (χ1) is 7.63. The van der Waals surface area contributed by atoms with Gasteiger partial charge >= 0.3 is 6.09 Å². The van der Waals surface area contributed by atoms with E-state index >= 15 is 0 Å². The number of alkyl carbamates (subject to hydrolysis) is 1. The highest BCUT2D eigenvalue weighted by Gasteiger charge is 2.22. The molecule has 0 spiro atoms. The van der Waals surface area contributed by atoms with Crippen molar-refractivity contribution >= 4 is 22.0 Å². The number of hydrogen-bond acceptors (Lipinski definition) is 3. The van der Waals surface area contributed by atoms with E-state index in [0.29, 0.717) is 13.2 Å². The van der Waals surface area contributed by atoms with Crippen LogP contribution < -0.4 is 10.1 Å². The van der Waals surface area contributed by atoms with Gasteiger partial charge in [0.2, 0.25) is 0 Å². The van der Waals surface area contributed by atoms with Gasteiger partial charge in [0, 0.05) is 4.47 Å². The van der Waals surface area contributed by atoms with Gasteiger partial charge in [0.1, 0.15) is 12.4 Å². The van der Waals surface area contributed by atoms with Crippen LogP contribution >= 0.6 is 15.9 Å². The van der Waals surface area contributed by atoms with Crippen molar-refractivity contribution in [3.63, 3.8) is 0 Å². The lowest BCUT2D eigenvalue weighted by atomic mass is 10.2. The number of amides is 1. The topological polar surface area (TPSA) is 47.6 Å². The summed E-state index contributed by atoms with van der Waals surface area (Å²) in [6.45, 7) is 2.87. The van der Waals surface area contributed by atoms with E-state index in [4.69, 9.17) is 9.47 Å². The molecule has 4 nitrogen and oxygen atoms in total. The van der Waals surface area contributed by atoms with Crippen molar-refractivity contribution in [2.24, 2.45) is 0 Å². The second kappa shape index (κ2) is 4.74. The molecule has 1 saturated heterocycles. The van der Waals surface area contributed by atoms with Crippen molar-refractivity contribution in [3.8, 4) is 5.75 Å². The number of halogens is 1. The minimum atomic E-state index is -0.376. The van der Waals surface area contributed by atoms with Gasteiger partial charge in [-0.15, -0.1) is 0 Å². The zero-order valence-electron chi connectivity index (χ0n) is 8.83. The molecule has 1 fully saturated rings. The molecule has 0 aromatic heterocycles. The van der Waals surface area contributed by atoms with Crippen LogP contribution in [-0.4, -0.2) is 25.3 Å². The summed E-state index contributed by atoms with van der Waals surface area (Å²) in [5, 5.41) is 2.58. The smallest absolute Gasteiger partial charge is 0.407 e. The maximum atomic E-state index is 10.8. The Balaban J connectivity index is 1.91. The van der Waals surface area contributed by atoms with Crippen LogP contribution in [0.4, 0.5) is 4.79 Å². The summed E-state index contributed by atoms with van der Waals surface area (Å²) in [5.41, 5.74) is 1.12. The molecular weight excluding hydrogens is 274 g/mol. The molecule has 1 amide bonds. The standard InChI is InChI=1S/C11H12BrNO3/c1-7-2-8(12)4-9(3-7)15-6-10-5-13-11(14)16-10/h2-4,10H,5-6H2,1H3,(H,13,14). The van der Waals surface area contributed by atoms with Gasteiger partial charge in [-0.1, -0.05) is 15.9 Å². The van der Waals surface area contributed by atoms with E-state index in [1.807, 2.05) is 25.1 Å². The average Bonchev–Trinajstić information content (AvgIpc) is 2.60. The number of aryl methyl sites for hydroxylation is 1. The van der Waals surface area contributed by atoms with E-state index in [0.717, 1.165) is 15.8 Å². The van der Waals surface area contributed by atoms with Crippen LogP contribution in [0.2, 0.25) is 0 Å². The van der Waals surface area contributed by atoms with Crippen molar-refractivity contribution < 1.29 is 14.3 Å². The molecule has 0 bridgehead atoms. The summed E-state index contributed by atoms with van der Waals surface area (Å²) in [5.74, 6) is 0.773. The number of cyclic esters (lactones) is 1. The third kappa shape index (κ3) is 2.88. The van der Waals surface area contributed by atoms with Crippen LogP contribution in [0, 0.1) is 6.92 Å². The van der Waals surface area contributed by atoms with Gasteiger partial charge in [0.25, 0.3) is 0 Å². The number of carbonyl (C=O) groups is 1. The zero-order chi connectivity index (χ0) is 11.5. The molecule has 1 aliphatic heterocycles. The van der Waals surface area contributed by atoms with E-state index in [1.165, 1.54) is 0 Å². The lowest BCUT2D eigenvalue weighted by molar-refractivity contribution is 0.105. The average molecular weight is 286 g/mol. The fourth-order valence-corrected chi connectivity index (χ4v) is 2.09. The van der Waals surface area contributed by atoms with Crippen LogP contribution in [0.3, 0.4) is 0 Å². The second-order valence-corrected chi connectivity index (χ2v) is 4.60. The van der Waals surface area contributed by atoms with Gasteiger partial charge in [-0.3, -0.25) is 0 Å². The molecule has 2 rings (SSSR count). The first-order valence-corrected chi connectivity index (χ1v) is 5.77. The number of carbonyl (C=O) groups excluding carboxylic acids is 1. The predicted octanol–water partition coefficient (Wildman–Crippen LogP) is 2.24. The van der Waals surface area contributed by atoms with E-state index in [9.17, 15) is 4.79 Å². The maximum Gasteiger partial charge on any atom is 0.407 e. The Kier molecular flexibility index (Phi) is 3.33. The van der Waals surface area contributed by atoms with Gasteiger partial charge in [-0.2, -0.15) is 0 Å². The van der Waals surface area contributed by atoms with Crippen LogP contribution in [-0.2, 0) is 4.74 Å². The second-order valence-electron chi connectivity index (χ2n) is 3.68. The van der Waals surface area contributed by atoms with Gasteiger partial charge in [-0.05, 0) is 30.7 Å². The number of rotatable bonds is 3. The Morgan fingerprint density at radius 1 is 1.56 bits per heavy atom. The molecule has 1 heterocycles. The molecule has 5 heteroatoms. The zero-order valence-corrected chi connectivity index (χ0v) is 10.4. The van der Waals surface area contributed by atoms with E-state index in [-0.39, 0.29) is 12.2 Å². The monoisotopic (exact) mass is 285 g/mol. The lowest BCUT2D eigenvalue weighted by Crippen LogP contribution is -2.21. The van der Waals surface area contributed by atoms with Crippen molar-refractivity contribution in [2.45, 2.75) is 13.0 Å². The predicted molar refractivity (Wildman–Crippen MR) is 62.6 cm³/mol. The summed E-state index contributed by atoms with van der Waals surface area (Å²) in [6, 6.07) is 5.83. The molecule has 1 aliphatic rings. The molecule has 86 valence electrons. The van der Waals surface area contributed by atoms with E-state index < -0.39 is 0 Å². The molecule has 0 aliphatic carbocycles. The van der Waals surface area contributed by atoms with Gasteiger partial charge in [0.05, 0.1) is 6.54 Å². The number of benzene rings is 1. The molecular formula is C11H12BrNO3. The maximum absolute atomic E-state index is 10.8. The highest BCUT2D eigenvalue weighted by molar-refractivity contribution is 9.10. The molecule has 1 atom stereocenters. The summed E-state index contributed by atoms with van der Waals surface area (Å²) >= 11 is 3.40. The molecule has 0 radical (unpaired) electrons. The van der Waals surface area contributed by atoms with Crippen LogP contribution in [0.5, 0.6) is 5.75 Å². The first-order valence-electron chi connectivity index (χ1n) is 4.98. The van der Waals surface area contributed by atoms with E-state index in [1.54, 1.807) is 0 Å². The van der Waals surface area contributed by atoms with Crippen LogP contribution in [0.1, 0.15) is 5.56 Å². The Morgan fingerprint density at radius 3 is 3.00 bits per heavy atom. The SMILES string of the molecule is Cc1cc(Br)cc(OCC2CNC(=O)O2)c1. The number of ether oxygens (including phenoxy) is 2. The van der Waals surface area contributed by atoms with Crippen molar-refractivity contribution in [3.05, 3.63) is 28.2 Å². The summed E-state index contributed by atoms with van der Waals surface area (Å²) in [7, 11) is 0. The van der Waals surface area contributed by atoms with Gasteiger partial charge in [-0.25, -0.2) is 4.79 Å². The van der Waals surface area contributed by atoms with E-state index in [2.05, 4.69) is 21.2 Å². The first kappa shape index (κ1) is 11.3. The molecule has 1 aromatic carbocycles. The largest absolute Gasteiger partial charge is 0.490 e. The normalized spacial score (nSPS) is 19.1. The van der Waals surface area contributed by atoms with Crippen molar-refractivity contribution in [1.82, 2.24) is 5.32 Å². The van der Waals surface area contributed by atoms with Crippen molar-refractivity contribution in [1.29, 1.82) is 0 Å². The fraction of sp³-hybridized carbons (Fsp3) is 0.364. The molecule has 0 saturated carbocycles. The number of hydrogen-bond donors (Lipinski definition) is 1. The minimum Gasteiger partial charge on any atom is -0.490 e. The minimum absolute atomic E-state index is 0.202. The Labute approximate surface area is 102 Å². The Bertz CT molecular complexity index is 388. The number of nitrogens with one attached hydrogen (secondary N) is 1. The van der Waals surface area contributed by atoms with Crippen LogP contribution in [0.15, 0.2) is 22.7 Å². The Morgan fingerprint density at radius 2 is 2.38 bits per heavy atom. The quantitative estimate of drug-likeness (QED) is 0.927. The third-order valence-electron chi connectivity index (χ3n) is 2.20. The molecule has 1 unspecified atom stereocenters. The molecule has 1 N–H and O–H groups in total. The van der Waals surface area contributed by atoms with Crippen LogP contribution in [0.25, 0.3) is 0 Å². The summed E-state index contributed by atoms with van der Waals surface area (Å²) < 4.78 is 11.5. The molecule has 1 aromatic rings. The fourth-order valence-electron chi connectivity index (χ4n) is 1.50. The Hall–Kier alpha value is -1.23. The third-order valence-corrected chi connectivity index (χ3v) is 2.66. The highest BCUT2D eigenvalue weighted by Crippen LogP contribution is 2.21. The summed E-state index contributed by atoms with van der Waals surface area (Å²) in [4.78, 5) is 10.8. The highest BCUT2D eigenvalue weighted by atomic mass is 79.9. The van der Waals surface area contributed by atoms with Gasteiger partial charge < -0.3 is 14.8 Å². The van der Waals surface area contributed by atoms with Gasteiger partial charge in [0.15, 0.2) is 6.10 Å². The lowest BCUT2D eigenvalue weighted by Gasteiger charge is -2.11.